The number of nitrogens with zero attached hydrogens (tertiary/aromatic N) is 1. The molecule has 1 aliphatic rings. The van der Waals surface area contributed by atoms with E-state index in [4.69, 9.17) is 21.4 Å². The van der Waals surface area contributed by atoms with Crippen molar-refractivity contribution in [1.29, 1.82) is 0 Å². The molecule has 1 unspecified atom stereocenters. The van der Waals surface area contributed by atoms with Gasteiger partial charge in [0.15, 0.2) is 6.61 Å². The van der Waals surface area contributed by atoms with Crippen LogP contribution in [0.5, 0.6) is 5.75 Å². The largest absolute Gasteiger partial charge is 0.482 e. The van der Waals surface area contributed by atoms with Crippen molar-refractivity contribution in [3.05, 3.63) is 64.7 Å². The first-order valence-corrected chi connectivity index (χ1v) is 8.44. The van der Waals surface area contributed by atoms with Crippen LogP contribution >= 0.6 is 11.6 Å². The minimum atomic E-state index is -1.06. The van der Waals surface area contributed by atoms with Gasteiger partial charge in [0.05, 0.1) is 6.04 Å². The Hall–Kier alpha value is -2.53. The van der Waals surface area contributed by atoms with Gasteiger partial charge in [-0.3, -0.25) is 4.79 Å². The molecule has 1 N–H and O–H groups in total. The van der Waals surface area contributed by atoms with Gasteiger partial charge in [-0.05, 0) is 42.7 Å². The third kappa shape index (κ3) is 3.94. The monoisotopic (exact) mass is 359 g/mol. The van der Waals surface area contributed by atoms with Gasteiger partial charge >= 0.3 is 5.97 Å². The van der Waals surface area contributed by atoms with E-state index in [1.54, 1.807) is 24.3 Å². The molecule has 0 aromatic heterocycles. The van der Waals surface area contributed by atoms with E-state index in [1.807, 2.05) is 29.2 Å². The van der Waals surface area contributed by atoms with Gasteiger partial charge in [0.25, 0.3) is 5.91 Å². The lowest BCUT2D eigenvalue weighted by Gasteiger charge is -2.26. The van der Waals surface area contributed by atoms with E-state index >= 15 is 0 Å². The van der Waals surface area contributed by atoms with Crippen molar-refractivity contribution in [3.63, 3.8) is 0 Å². The summed E-state index contributed by atoms with van der Waals surface area (Å²) in [5.74, 6) is -0.806. The molecular formula is C19H18ClNO4. The number of likely N-dealkylation sites (tertiary alicyclic amines) is 1. The second-order valence-corrected chi connectivity index (χ2v) is 6.30. The summed E-state index contributed by atoms with van der Waals surface area (Å²) >= 11 is 6.30. The average molecular weight is 360 g/mol. The van der Waals surface area contributed by atoms with Crippen LogP contribution in [0.25, 0.3) is 0 Å². The summed E-state index contributed by atoms with van der Waals surface area (Å²) in [4.78, 5) is 25.4. The number of halogens is 1. The van der Waals surface area contributed by atoms with Crippen molar-refractivity contribution >= 4 is 23.5 Å². The Labute approximate surface area is 150 Å². The Morgan fingerprint density at radius 3 is 2.76 bits per heavy atom. The van der Waals surface area contributed by atoms with Crippen LogP contribution < -0.4 is 4.74 Å². The molecule has 3 rings (SSSR count). The Balaban J connectivity index is 1.81. The SMILES string of the molecule is O=C(O)COc1cccc(C(=O)N2CCCC2c2ccccc2Cl)c1. The summed E-state index contributed by atoms with van der Waals surface area (Å²) in [6.07, 6.45) is 1.78. The van der Waals surface area contributed by atoms with Crippen LogP contribution in [0.3, 0.4) is 0 Å². The van der Waals surface area contributed by atoms with Crippen LogP contribution in [-0.4, -0.2) is 35.0 Å². The zero-order valence-electron chi connectivity index (χ0n) is 13.5. The molecule has 0 spiro atoms. The third-order valence-corrected chi connectivity index (χ3v) is 4.57. The summed E-state index contributed by atoms with van der Waals surface area (Å²) in [7, 11) is 0. The number of carboxylic acid groups (broad SMARTS) is 1. The predicted octanol–water partition coefficient (Wildman–Crippen LogP) is 3.78. The Morgan fingerprint density at radius 1 is 1.20 bits per heavy atom. The number of carbonyl (C=O) groups excluding carboxylic acids is 1. The summed E-state index contributed by atoms with van der Waals surface area (Å²) in [6.45, 7) is 0.221. The minimum Gasteiger partial charge on any atom is -0.482 e. The average Bonchev–Trinajstić information content (AvgIpc) is 3.09. The van der Waals surface area contributed by atoms with Crippen molar-refractivity contribution in [1.82, 2.24) is 4.90 Å². The van der Waals surface area contributed by atoms with Gasteiger partial charge in [-0.15, -0.1) is 0 Å². The zero-order chi connectivity index (χ0) is 17.8. The van der Waals surface area contributed by atoms with Crippen molar-refractivity contribution in [2.75, 3.05) is 13.2 Å². The second kappa shape index (κ2) is 7.57. The molecule has 1 saturated heterocycles. The first kappa shape index (κ1) is 17.3. The maximum absolute atomic E-state index is 12.9. The van der Waals surface area contributed by atoms with Gasteiger partial charge in [0.1, 0.15) is 5.75 Å². The van der Waals surface area contributed by atoms with Gasteiger partial charge in [-0.1, -0.05) is 35.9 Å². The molecule has 1 fully saturated rings. The summed E-state index contributed by atoms with van der Waals surface area (Å²) in [5.41, 5.74) is 1.43. The van der Waals surface area contributed by atoms with Crippen LogP contribution in [0.4, 0.5) is 0 Å². The number of hydrogen-bond acceptors (Lipinski definition) is 3. The molecule has 130 valence electrons. The fourth-order valence-corrected chi connectivity index (χ4v) is 3.37. The molecule has 1 amide bonds. The molecule has 6 heteroatoms. The standard InChI is InChI=1S/C19H18ClNO4/c20-16-8-2-1-7-15(16)17-9-4-10-21(17)19(24)13-5-3-6-14(11-13)25-12-18(22)23/h1-3,5-8,11,17H,4,9-10,12H2,(H,22,23). The molecule has 2 aromatic carbocycles. The normalized spacial score (nSPS) is 16.7. The van der Waals surface area contributed by atoms with Gasteiger partial charge in [0, 0.05) is 17.1 Å². The fourth-order valence-electron chi connectivity index (χ4n) is 3.11. The Morgan fingerprint density at radius 2 is 2.00 bits per heavy atom. The molecule has 25 heavy (non-hydrogen) atoms. The van der Waals surface area contributed by atoms with Crippen molar-refractivity contribution < 1.29 is 19.4 Å². The Bertz CT molecular complexity index is 792. The highest BCUT2D eigenvalue weighted by atomic mass is 35.5. The van der Waals surface area contributed by atoms with Crippen LogP contribution in [0, 0.1) is 0 Å². The molecule has 1 heterocycles. The van der Waals surface area contributed by atoms with Gasteiger partial charge in [-0.2, -0.15) is 0 Å². The Kier molecular flexibility index (Phi) is 5.24. The summed E-state index contributed by atoms with van der Waals surface area (Å²) < 4.78 is 5.16. The highest BCUT2D eigenvalue weighted by Gasteiger charge is 2.31. The molecular weight excluding hydrogens is 342 g/mol. The summed E-state index contributed by atoms with van der Waals surface area (Å²) in [5, 5.41) is 9.36. The lowest BCUT2D eigenvalue weighted by Crippen LogP contribution is -2.30. The number of rotatable bonds is 5. The van der Waals surface area contributed by atoms with E-state index in [0.29, 0.717) is 22.9 Å². The predicted molar refractivity (Wildman–Crippen MR) is 94.0 cm³/mol. The first-order chi connectivity index (χ1) is 12.1. The van der Waals surface area contributed by atoms with E-state index in [-0.39, 0.29) is 11.9 Å². The van der Waals surface area contributed by atoms with E-state index in [1.165, 1.54) is 0 Å². The molecule has 0 aliphatic carbocycles. The van der Waals surface area contributed by atoms with Gasteiger partial charge < -0.3 is 14.7 Å². The molecule has 0 saturated carbocycles. The van der Waals surface area contributed by atoms with E-state index in [2.05, 4.69) is 0 Å². The molecule has 0 radical (unpaired) electrons. The van der Waals surface area contributed by atoms with E-state index in [9.17, 15) is 9.59 Å². The maximum Gasteiger partial charge on any atom is 0.341 e. The number of amides is 1. The fraction of sp³-hybridized carbons (Fsp3) is 0.263. The highest BCUT2D eigenvalue weighted by molar-refractivity contribution is 6.31. The highest BCUT2D eigenvalue weighted by Crippen LogP contribution is 2.36. The lowest BCUT2D eigenvalue weighted by atomic mass is 10.0. The smallest absolute Gasteiger partial charge is 0.341 e. The van der Waals surface area contributed by atoms with Crippen LogP contribution in [-0.2, 0) is 4.79 Å². The topological polar surface area (TPSA) is 66.8 Å². The number of ether oxygens (including phenoxy) is 1. The van der Waals surface area contributed by atoms with Gasteiger partial charge in [-0.25, -0.2) is 4.79 Å². The van der Waals surface area contributed by atoms with Crippen LogP contribution in [0.15, 0.2) is 48.5 Å². The zero-order valence-corrected chi connectivity index (χ0v) is 14.3. The molecule has 5 nitrogen and oxygen atoms in total. The van der Waals surface area contributed by atoms with Crippen molar-refractivity contribution in [2.24, 2.45) is 0 Å². The minimum absolute atomic E-state index is 0.0511. The summed E-state index contributed by atoms with van der Waals surface area (Å²) in [6, 6.07) is 14.1. The third-order valence-electron chi connectivity index (χ3n) is 4.22. The lowest BCUT2D eigenvalue weighted by molar-refractivity contribution is -0.139. The number of hydrogen-bond donors (Lipinski definition) is 1. The molecule has 1 atom stereocenters. The molecule has 0 bridgehead atoms. The van der Waals surface area contributed by atoms with E-state index in [0.717, 1.165) is 18.4 Å². The van der Waals surface area contributed by atoms with Crippen molar-refractivity contribution in [3.8, 4) is 5.75 Å². The van der Waals surface area contributed by atoms with Crippen LogP contribution in [0.2, 0.25) is 5.02 Å². The first-order valence-electron chi connectivity index (χ1n) is 8.06. The maximum atomic E-state index is 12.9. The number of aliphatic carboxylic acids is 1. The molecule has 1 aliphatic heterocycles. The number of benzene rings is 2. The van der Waals surface area contributed by atoms with E-state index < -0.39 is 12.6 Å². The number of carbonyl (C=O) groups is 2. The van der Waals surface area contributed by atoms with Gasteiger partial charge in [0.2, 0.25) is 0 Å². The second-order valence-electron chi connectivity index (χ2n) is 5.89. The van der Waals surface area contributed by atoms with Crippen molar-refractivity contribution in [2.45, 2.75) is 18.9 Å². The quantitative estimate of drug-likeness (QED) is 0.882. The number of carboxylic acids is 1. The molecule has 2 aromatic rings. The van der Waals surface area contributed by atoms with Crippen LogP contribution in [0.1, 0.15) is 34.8 Å².